The van der Waals surface area contributed by atoms with Gasteiger partial charge in [0.05, 0.1) is 10.5 Å². The molecule has 1 aromatic carbocycles. The van der Waals surface area contributed by atoms with Gasteiger partial charge < -0.3 is 14.6 Å². The average Bonchev–Trinajstić information content (AvgIpc) is 2.82. The summed E-state index contributed by atoms with van der Waals surface area (Å²) in [5.74, 6) is -1.60. The summed E-state index contributed by atoms with van der Waals surface area (Å²) in [7, 11) is 1.45. The molecule has 1 aliphatic rings. The second-order valence-electron chi connectivity index (χ2n) is 5.03. The zero-order chi connectivity index (χ0) is 18.4. The highest BCUT2D eigenvalue weighted by Gasteiger charge is 2.32. The Balaban J connectivity index is 2.20. The summed E-state index contributed by atoms with van der Waals surface area (Å²) in [6, 6.07) is 4.33. The number of hydrogen-bond donors (Lipinski definition) is 1. The van der Waals surface area contributed by atoms with Gasteiger partial charge in [0, 0.05) is 20.1 Å². The number of rotatable bonds is 8. The lowest BCUT2D eigenvalue weighted by Crippen LogP contribution is -2.29. The monoisotopic (exact) mass is 385 g/mol. The van der Waals surface area contributed by atoms with Crippen LogP contribution in [0, 0.1) is 5.82 Å². The van der Waals surface area contributed by atoms with Crippen molar-refractivity contribution >= 4 is 46.3 Å². The zero-order valence-electron chi connectivity index (χ0n) is 13.4. The number of thioether (sulfide) groups is 1. The van der Waals surface area contributed by atoms with E-state index in [2.05, 4.69) is 0 Å². The third-order valence-corrected chi connectivity index (χ3v) is 4.64. The fraction of sp³-hybridized carbons (Fsp3) is 0.312. The molecule has 1 N–H and O–H groups in total. The van der Waals surface area contributed by atoms with Crippen molar-refractivity contribution in [2.75, 3.05) is 20.4 Å². The van der Waals surface area contributed by atoms with Gasteiger partial charge in [-0.15, -0.1) is 0 Å². The first-order chi connectivity index (χ1) is 11.9. The number of amides is 1. The lowest BCUT2D eigenvalue weighted by molar-refractivity contribution is -0.137. The highest BCUT2D eigenvalue weighted by molar-refractivity contribution is 8.26. The Morgan fingerprint density at radius 2 is 2.24 bits per heavy atom. The number of benzene rings is 1. The molecule has 0 unspecified atom stereocenters. The number of ether oxygens (including phenoxy) is 2. The van der Waals surface area contributed by atoms with E-state index in [0.29, 0.717) is 4.32 Å². The number of carbonyl (C=O) groups excluding carboxylic acids is 1. The second-order valence-corrected chi connectivity index (χ2v) is 6.71. The molecule has 0 spiro atoms. The Morgan fingerprint density at radius 3 is 2.92 bits per heavy atom. The number of thiocarbonyl (C=S) groups is 1. The summed E-state index contributed by atoms with van der Waals surface area (Å²) in [5, 5.41) is 8.68. The fourth-order valence-corrected chi connectivity index (χ4v) is 3.41. The summed E-state index contributed by atoms with van der Waals surface area (Å²) in [6.45, 7) is 0.152. The van der Waals surface area contributed by atoms with Crippen molar-refractivity contribution in [1.29, 1.82) is 0 Å². The quantitative estimate of drug-likeness (QED) is 0.419. The maximum absolute atomic E-state index is 14.1. The molecule has 1 heterocycles. The second kappa shape index (κ2) is 8.93. The van der Waals surface area contributed by atoms with Crippen LogP contribution in [0.2, 0.25) is 0 Å². The molecule has 2 rings (SSSR count). The predicted molar refractivity (Wildman–Crippen MR) is 95.7 cm³/mol. The maximum Gasteiger partial charge on any atom is 0.303 e. The van der Waals surface area contributed by atoms with E-state index in [1.807, 2.05) is 0 Å². The third kappa shape index (κ3) is 5.00. The van der Waals surface area contributed by atoms with Crippen LogP contribution in [0.1, 0.15) is 18.4 Å². The molecule has 134 valence electrons. The first-order valence-corrected chi connectivity index (χ1v) is 8.54. The van der Waals surface area contributed by atoms with Gasteiger partial charge in [0.25, 0.3) is 5.91 Å². The van der Waals surface area contributed by atoms with E-state index in [1.165, 1.54) is 30.2 Å². The predicted octanol–water partition coefficient (Wildman–Crippen LogP) is 2.87. The molecule has 9 heteroatoms. The number of carboxylic acid groups (broad SMARTS) is 1. The minimum absolute atomic E-state index is 0.0551. The largest absolute Gasteiger partial charge is 0.481 e. The Morgan fingerprint density at radius 1 is 1.48 bits per heavy atom. The smallest absolute Gasteiger partial charge is 0.303 e. The standard InChI is InChI=1S/C16H16FNO5S2/c1-22-9-23-12-5-2-4-11(17)10(12)8-13-15(21)18(16(24)25-13)7-3-6-14(19)20/h2,4-5,8H,3,6-7,9H2,1H3,(H,19,20)/b13-8-. The summed E-state index contributed by atoms with van der Waals surface area (Å²) in [4.78, 5) is 24.6. The molecule has 1 saturated heterocycles. The van der Waals surface area contributed by atoms with Crippen LogP contribution in [0.15, 0.2) is 23.1 Å². The minimum Gasteiger partial charge on any atom is -0.481 e. The number of carbonyl (C=O) groups is 2. The van der Waals surface area contributed by atoms with Crippen molar-refractivity contribution in [2.24, 2.45) is 0 Å². The van der Waals surface area contributed by atoms with Crippen molar-refractivity contribution in [3.05, 3.63) is 34.5 Å². The molecule has 25 heavy (non-hydrogen) atoms. The van der Waals surface area contributed by atoms with Crippen molar-refractivity contribution in [1.82, 2.24) is 4.90 Å². The summed E-state index contributed by atoms with van der Waals surface area (Å²) >= 11 is 6.21. The molecule has 0 saturated carbocycles. The Bertz CT molecular complexity index is 722. The number of hydrogen-bond acceptors (Lipinski definition) is 6. The molecule has 1 fully saturated rings. The summed E-state index contributed by atoms with van der Waals surface area (Å²) in [6.07, 6.45) is 1.62. The molecular formula is C16H16FNO5S2. The molecule has 1 amide bonds. The van der Waals surface area contributed by atoms with Gasteiger partial charge in [0.15, 0.2) is 6.79 Å². The van der Waals surface area contributed by atoms with Gasteiger partial charge in [-0.25, -0.2) is 4.39 Å². The van der Waals surface area contributed by atoms with Gasteiger partial charge in [0.1, 0.15) is 15.9 Å². The maximum atomic E-state index is 14.1. The van der Waals surface area contributed by atoms with E-state index < -0.39 is 11.8 Å². The molecule has 0 aromatic heterocycles. The van der Waals surface area contributed by atoms with Crippen LogP contribution in [0.4, 0.5) is 4.39 Å². The van der Waals surface area contributed by atoms with Crippen LogP contribution in [-0.2, 0) is 14.3 Å². The SMILES string of the molecule is COCOc1cccc(F)c1/C=C1\SC(=S)N(CCCC(=O)O)C1=O. The number of halogens is 1. The first kappa shape index (κ1) is 19.4. The van der Waals surface area contributed by atoms with E-state index in [1.54, 1.807) is 6.07 Å². The lowest BCUT2D eigenvalue weighted by Gasteiger charge is -2.13. The van der Waals surface area contributed by atoms with Crippen molar-refractivity contribution in [3.63, 3.8) is 0 Å². The van der Waals surface area contributed by atoms with Gasteiger partial charge in [-0.2, -0.15) is 0 Å². The van der Waals surface area contributed by atoms with Crippen LogP contribution in [0.25, 0.3) is 6.08 Å². The van der Waals surface area contributed by atoms with E-state index in [0.717, 1.165) is 11.8 Å². The van der Waals surface area contributed by atoms with E-state index in [-0.39, 0.29) is 48.3 Å². The Kier molecular flexibility index (Phi) is 6.91. The Labute approximate surface area is 153 Å². The van der Waals surface area contributed by atoms with Gasteiger partial charge in [-0.3, -0.25) is 14.5 Å². The molecule has 0 atom stereocenters. The van der Waals surface area contributed by atoms with Crippen molar-refractivity contribution in [2.45, 2.75) is 12.8 Å². The number of carboxylic acids is 1. The van der Waals surface area contributed by atoms with Gasteiger partial charge in [-0.05, 0) is 24.6 Å². The average molecular weight is 385 g/mol. The van der Waals surface area contributed by atoms with Crippen LogP contribution in [0.5, 0.6) is 5.75 Å². The molecule has 0 bridgehead atoms. The highest BCUT2D eigenvalue weighted by atomic mass is 32.2. The molecule has 0 aliphatic carbocycles. The van der Waals surface area contributed by atoms with Crippen molar-refractivity contribution < 1.29 is 28.6 Å². The number of methoxy groups -OCH3 is 1. The summed E-state index contributed by atoms with van der Waals surface area (Å²) in [5.41, 5.74) is 0.130. The molecule has 1 aromatic rings. The fourth-order valence-electron chi connectivity index (χ4n) is 2.12. The van der Waals surface area contributed by atoms with Gasteiger partial charge in [0.2, 0.25) is 0 Å². The van der Waals surface area contributed by atoms with Crippen molar-refractivity contribution in [3.8, 4) is 5.75 Å². The highest BCUT2D eigenvalue weighted by Crippen LogP contribution is 2.35. The molecule has 0 radical (unpaired) electrons. The first-order valence-electron chi connectivity index (χ1n) is 7.31. The zero-order valence-corrected chi connectivity index (χ0v) is 15.0. The minimum atomic E-state index is -0.938. The third-order valence-electron chi connectivity index (χ3n) is 3.27. The van der Waals surface area contributed by atoms with E-state index >= 15 is 0 Å². The number of nitrogens with zero attached hydrogens (tertiary/aromatic N) is 1. The van der Waals surface area contributed by atoms with Crippen LogP contribution >= 0.6 is 24.0 Å². The van der Waals surface area contributed by atoms with Crippen LogP contribution in [-0.4, -0.2) is 46.7 Å². The Hall–Kier alpha value is -1.97. The summed E-state index contributed by atoms with van der Waals surface area (Å²) < 4.78 is 24.6. The van der Waals surface area contributed by atoms with Crippen LogP contribution in [0.3, 0.4) is 0 Å². The van der Waals surface area contributed by atoms with Gasteiger partial charge in [-0.1, -0.05) is 30.0 Å². The van der Waals surface area contributed by atoms with E-state index in [9.17, 15) is 14.0 Å². The molecule has 1 aliphatic heterocycles. The molecule has 6 nitrogen and oxygen atoms in total. The number of aliphatic carboxylic acids is 1. The van der Waals surface area contributed by atoms with Gasteiger partial charge >= 0.3 is 5.97 Å². The van der Waals surface area contributed by atoms with E-state index in [4.69, 9.17) is 26.8 Å². The normalized spacial score (nSPS) is 15.9. The molecular weight excluding hydrogens is 369 g/mol. The van der Waals surface area contributed by atoms with Crippen LogP contribution < -0.4 is 4.74 Å². The topological polar surface area (TPSA) is 76.1 Å². The lowest BCUT2D eigenvalue weighted by atomic mass is 10.1.